The molecule has 0 spiro atoms. The highest BCUT2D eigenvalue weighted by Gasteiger charge is 2.16. The second-order valence-corrected chi connectivity index (χ2v) is 6.36. The van der Waals surface area contributed by atoms with Gasteiger partial charge < -0.3 is 10.4 Å². The summed E-state index contributed by atoms with van der Waals surface area (Å²) in [6.07, 6.45) is 0.0511. The topological polar surface area (TPSA) is 66.4 Å². The fourth-order valence-electron chi connectivity index (χ4n) is 2.16. The number of hydrogen-bond donors (Lipinski definition) is 2. The number of nitrogens with one attached hydrogen (secondary N) is 1. The number of carboxylic acids is 1. The molecule has 0 aliphatic rings. The maximum atomic E-state index is 12.3. The average Bonchev–Trinajstić information content (AvgIpc) is 2.94. The Balaban J connectivity index is 2.07. The highest BCUT2D eigenvalue weighted by Crippen LogP contribution is 2.28. The number of carbonyl (C=O) groups excluding carboxylic acids is 1. The second kappa shape index (κ2) is 7.22. The summed E-state index contributed by atoms with van der Waals surface area (Å²) in [5.74, 6) is -1.09. The highest BCUT2D eigenvalue weighted by atomic mass is 32.1. The lowest BCUT2D eigenvalue weighted by molar-refractivity contribution is -0.137. The summed E-state index contributed by atoms with van der Waals surface area (Å²) in [4.78, 5) is 23.6. The highest BCUT2D eigenvalue weighted by molar-refractivity contribution is 7.12. The summed E-state index contributed by atoms with van der Waals surface area (Å²) >= 11 is 1.39. The Kier molecular flexibility index (Phi) is 5.33. The van der Waals surface area contributed by atoms with E-state index < -0.39 is 5.97 Å². The van der Waals surface area contributed by atoms with E-state index in [1.54, 1.807) is 0 Å². The summed E-state index contributed by atoms with van der Waals surface area (Å²) in [7, 11) is 0. The molecular weight excluding hydrogens is 298 g/mol. The molecule has 2 rings (SSSR count). The molecular formula is C17H19NO3S. The normalized spacial score (nSPS) is 11.9. The minimum absolute atomic E-state index is 0.0511. The van der Waals surface area contributed by atoms with Gasteiger partial charge in [0.1, 0.15) is 0 Å². The third-order valence-electron chi connectivity index (χ3n) is 3.37. The predicted molar refractivity (Wildman–Crippen MR) is 88.2 cm³/mol. The van der Waals surface area contributed by atoms with Gasteiger partial charge in [0, 0.05) is 18.5 Å². The average molecular weight is 317 g/mol. The fraction of sp³-hybridized carbons (Fsp3) is 0.294. The largest absolute Gasteiger partial charge is 0.481 e. The van der Waals surface area contributed by atoms with Crippen molar-refractivity contribution in [2.24, 2.45) is 5.92 Å². The van der Waals surface area contributed by atoms with Crippen LogP contribution in [0.3, 0.4) is 0 Å². The van der Waals surface area contributed by atoms with Crippen LogP contribution in [0.4, 0.5) is 0 Å². The van der Waals surface area contributed by atoms with Crippen LogP contribution in [-0.4, -0.2) is 23.5 Å². The van der Waals surface area contributed by atoms with E-state index in [0.717, 1.165) is 11.1 Å². The van der Waals surface area contributed by atoms with Crippen molar-refractivity contribution in [1.82, 2.24) is 5.32 Å². The van der Waals surface area contributed by atoms with Crippen molar-refractivity contribution >= 4 is 23.2 Å². The number of aliphatic carboxylic acids is 1. The molecule has 1 aromatic carbocycles. The van der Waals surface area contributed by atoms with Crippen molar-refractivity contribution in [3.8, 4) is 11.1 Å². The molecule has 116 valence electrons. The minimum Gasteiger partial charge on any atom is -0.481 e. The maximum Gasteiger partial charge on any atom is 0.303 e. The van der Waals surface area contributed by atoms with E-state index in [-0.39, 0.29) is 18.2 Å². The summed E-state index contributed by atoms with van der Waals surface area (Å²) in [6.45, 7) is 4.19. The summed E-state index contributed by atoms with van der Waals surface area (Å²) in [5, 5.41) is 13.5. The van der Waals surface area contributed by atoms with Crippen molar-refractivity contribution in [2.45, 2.75) is 20.3 Å². The zero-order valence-corrected chi connectivity index (χ0v) is 13.4. The number of aryl methyl sites for hydroxylation is 1. The SMILES string of the molecule is Cc1ccc(-c2ccsc2C(=O)NCC(C)CC(=O)O)cc1. The molecule has 2 N–H and O–H groups in total. The quantitative estimate of drug-likeness (QED) is 0.856. The van der Waals surface area contributed by atoms with Crippen molar-refractivity contribution in [1.29, 1.82) is 0 Å². The van der Waals surface area contributed by atoms with Crippen molar-refractivity contribution in [3.63, 3.8) is 0 Å². The first-order valence-electron chi connectivity index (χ1n) is 7.12. The molecule has 4 nitrogen and oxygen atoms in total. The third kappa shape index (κ3) is 4.18. The van der Waals surface area contributed by atoms with Gasteiger partial charge in [0.15, 0.2) is 0 Å². The Morgan fingerprint density at radius 2 is 1.91 bits per heavy atom. The molecule has 1 heterocycles. The summed E-state index contributed by atoms with van der Waals surface area (Å²) in [5.41, 5.74) is 3.09. The van der Waals surface area contributed by atoms with Crippen LogP contribution in [0.5, 0.6) is 0 Å². The second-order valence-electron chi connectivity index (χ2n) is 5.44. The van der Waals surface area contributed by atoms with E-state index in [4.69, 9.17) is 5.11 Å². The minimum atomic E-state index is -0.849. The number of benzene rings is 1. The smallest absolute Gasteiger partial charge is 0.303 e. The van der Waals surface area contributed by atoms with Gasteiger partial charge in [0.05, 0.1) is 4.88 Å². The standard InChI is InChI=1S/C17H19NO3S/c1-11-3-5-13(6-4-11)14-7-8-22-16(14)17(21)18-10-12(2)9-15(19)20/h3-8,12H,9-10H2,1-2H3,(H,18,21)(H,19,20). The summed E-state index contributed by atoms with van der Waals surface area (Å²) < 4.78 is 0. The molecule has 5 heteroatoms. The molecule has 0 aliphatic carbocycles. The van der Waals surface area contributed by atoms with Crippen LogP contribution in [0.25, 0.3) is 11.1 Å². The predicted octanol–water partition coefficient (Wildman–Crippen LogP) is 3.56. The molecule has 1 aromatic heterocycles. The molecule has 0 bridgehead atoms. The van der Waals surface area contributed by atoms with Gasteiger partial charge >= 0.3 is 5.97 Å². The Hall–Kier alpha value is -2.14. The molecule has 0 radical (unpaired) electrons. The molecule has 0 saturated heterocycles. The molecule has 0 fully saturated rings. The Labute approximate surface area is 133 Å². The molecule has 2 aromatic rings. The number of carbonyl (C=O) groups is 2. The van der Waals surface area contributed by atoms with E-state index in [1.165, 1.54) is 16.9 Å². The van der Waals surface area contributed by atoms with Crippen LogP contribution in [0.1, 0.15) is 28.6 Å². The van der Waals surface area contributed by atoms with Gasteiger partial charge in [0.2, 0.25) is 0 Å². The van der Waals surface area contributed by atoms with Gasteiger partial charge in [-0.05, 0) is 29.9 Å². The number of amides is 1. The zero-order valence-electron chi connectivity index (χ0n) is 12.6. The van der Waals surface area contributed by atoms with Gasteiger partial charge in [-0.3, -0.25) is 9.59 Å². The molecule has 0 aliphatic heterocycles. The van der Waals surface area contributed by atoms with Crippen LogP contribution in [0, 0.1) is 12.8 Å². The van der Waals surface area contributed by atoms with Crippen LogP contribution in [-0.2, 0) is 4.79 Å². The van der Waals surface area contributed by atoms with Crippen molar-refractivity contribution in [3.05, 3.63) is 46.2 Å². The Bertz CT molecular complexity index is 661. The number of rotatable bonds is 6. The molecule has 1 unspecified atom stereocenters. The first kappa shape index (κ1) is 16.2. The monoisotopic (exact) mass is 317 g/mol. The number of thiophene rings is 1. The van der Waals surface area contributed by atoms with Gasteiger partial charge in [-0.25, -0.2) is 0 Å². The van der Waals surface area contributed by atoms with Crippen molar-refractivity contribution in [2.75, 3.05) is 6.54 Å². The van der Waals surface area contributed by atoms with Crippen LogP contribution >= 0.6 is 11.3 Å². The van der Waals surface area contributed by atoms with Crippen LogP contribution < -0.4 is 5.32 Å². The van der Waals surface area contributed by atoms with Gasteiger partial charge in [-0.1, -0.05) is 36.8 Å². The van der Waals surface area contributed by atoms with E-state index in [1.807, 2.05) is 49.6 Å². The van der Waals surface area contributed by atoms with Crippen LogP contribution in [0.2, 0.25) is 0 Å². The number of carboxylic acid groups (broad SMARTS) is 1. The zero-order chi connectivity index (χ0) is 16.1. The van der Waals surface area contributed by atoms with Gasteiger partial charge in [-0.2, -0.15) is 0 Å². The van der Waals surface area contributed by atoms with E-state index >= 15 is 0 Å². The Morgan fingerprint density at radius 1 is 1.23 bits per heavy atom. The maximum absolute atomic E-state index is 12.3. The Morgan fingerprint density at radius 3 is 2.55 bits per heavy atom. The summed E-state index contributed by atoms with van der Waals surface area (Å²) in [6, 6.07) is 9.97. The number of hydrogen-bond acceptors (Lipinski definition) is 3. The van der Waals surface area contributed by atoms with E-state index in [9.17, 15) is 9.59 Å². The molecule has 22 heavy (non-hydrogen) atoms. The third-order valence-corrected chi connectivity index (χ3v) is 4.28. The van der Waals surface area contributed by atoms with Gasteiger partial charge in [-0.15, -0.1) is 11.3 Å². The van der Waals surface area contributed by atoms with Gasteiger partial charge in [0.25, 0.3) is 5.91 Å². The first-order valence-corrected chi connectivity index (χ1v) is 8.00. The van der Waals surface area contributed by atoms with Crippen molar-refractivity contribution < 1.29 is 14.7 Å². The van der Waals surface area contributed by atoms with E-state index in [2.05, 4.69) is 5.32 Å². The lowest BCUT2D eigenvalue weighted by atomic mass is 10.0. The molecule has 1 amide bonds. The fourth-order valence-corrected chi connectivity index (χ4v) is 3.00. The first-order chi connectivity index (χ1) is 10.5. The molecule has 0 saturated carbocycles. The lowest BCUT2D eigenvalue weighted by Gasteiger charge is -2.10. The van der Waals surface area contributed by atoms with E-state index in [0.29, 0.717) is 11.4 Å². The van der Waals surface area contributed by atoms with Crippen LogP contribution in [0.15, 0.2) is 35.7 Å². The lowest BCUT2D eigenvalue weighted by Crippen LogP contribution is -2.28. The molecule has 1 atom stereocenters.